The van der Waals surface area contributed by atoms with E-state index in [0.717, 1.165) is 39.1 Å². The van der Waals surface area contributed by atoms with Crippen molar-refractivity contribution >= 4 is 17.5 Å². The van der Waals surface area contributed by atoms with Crippen molar-refractivity contribution in [2.75, 3.05) is 32.8 Å². The first-order valence-electron chi connectivity index (χ1n) is 9.19. The van der Waals surface area contributed by atoms with Gasteiger partial charge in [-0.15, -0.1) is 0 Å². The smallest absolute Gasteiger partial charge is 0.267 e. The van der Waals surface area contributed by atoms with Crippen molar-refractivity contribution in [1.29, 1.82) is 0 Å². The van der Waals surface area contributed by atoms with Gasteiger partial charge in [0, 0.05) is 43.7 Å². The fourth-order valence-corrected chi connectivity index (χ4v) is 3.87. The van der Waals surface area contributed by atoms with Crippen LogP contribution in [0.15, 0.2) is 24.3 Å². The predicted octanol–water partition coefficient (Wildman–Crippen LogP) is 2.87. The highest BCUT2D eigenvalue weighted by molar-refractivity contribution is 6.30. The van der Waals surface area contributed by atoms with Gasteiger partial charge in [-0.1, -0.05) is 11.6 Å². The molecule has 0 aromatic heterocycles. The number of nitrogens with one attached hydrogen (secondary N) is 1. The van der Waals surface area contributed by atoms with E-state index in [1.807, 2.05) is 24.0 Å². The summed E-state index contributed by atoms with van der Waals surface area (Å²) in [7, 11) is 0. The Bertz CT molecular complexity index is 567. The lowest BCUT2D eigenvalue weighted by Crippen LogP contribution is -2.60. The highest BCUT2D eigenvalue weighted by Gasteiger charge is 2.45. The molecule has 6 heteroatoms. The maximum Gasteiger partial charge on any atom is 0.267 e. The SMILES string of the molecule is CCN(C(=O)C1(Oc2ccc(Cl)cc2)CCNCC1)C1CCOCC1. The summed E-state index contributed by atoms with van der Waals surface area (Å²) in [5, 5.41) is 4.00. The molecule has 0 atom stereocenters. The van der Waals surface area contributed by atoms with E-state index >= 15 is 0 Å². The molecule has 0 spiro atoms. The van der Waals surface area contributed by atoms with Crippen LogP contribution in [-0.2, 0) is 9.53 Å². The molecule has 1 aromatic carbocycles. The lowest BCUT2D eigenvalue weighted by atomic mass is 9.89. The number of likely N-dealkylation sites (N-methyl/N-ethyl adjacent to an activating group) is 1. The van der Waals surface area contributed by atoms with Gasteiger partial charge in [0.05, 0.1) is 0 Å². The number of halogens is 1. The number of rotatable bonds is 5. The summed E-state index contributed by atoms with van der Waals surface area (Å²) < 4.78 is 11.8. The van der Waals surface area contributed by atoms with Crippen LogP contribution in [0.25, 0.3) is 0 Å². The van der Waals surface area contributed by atoms with Gasteiger partial charge in [-0.2, -0.15) is 0 Å². The Labute approximate surface area is 154 Å². The number of piperidine rings is 1. The van der Waals surface area contributed by atoms with E-state index in [2.05, 4.69) is 5.32 Å². The van der Waals surface area contributed by atoms with Gasteiger partial charge in [-0.25, -0.2) is 0 Å². The minimum absolute atomic E-state index is 0.110. The predicted molar refractivity (Wildman–Crippen MR) is 98.1 cm³/mol. The number of benzene rings is 1. The first-order chi connectivity index (χ1) is 12.1. The third kappa shape index (κ3) is 4.27. The van der Waals surface area contributed by atoms with E-state index in [4.69, 9.17) is 21.1 Å². The molecular formula is C19H27ClN2O3. The second-order valence-corrected chi connectivity index (χ2v) is 7.17. The van der Waals surface area contributed by atoms with Crippen LogP contribution in [0.3, 0.4) is 0 Å². The quantitative estimate of drug-likeness (QED) is 0.870. The van der Waals surface area contributed by atoms with Gasteiger partial charge in [0.25, 0.3) is 5.91 Å². The summed E-state index contributed by atoms with van der Waals surface area (Å²) in [5.74, 6) is 0.807. The van der Waals surface area contributed by atoms with E-state index in [1.165, 1.54) is 0 Å². The minimum atomic E-state index is -0.798. The number of carbonyl (C=O) groups excluding carboxylic acids is 1. The molecular weight excluding hydrogens is 340 g/mol. The van der Waals surface area contributed by atoms with Crippen LogP contribution in [0.2, 0.25) is 5.02 Å². The van der Waals surface area contributed by atoms with Crippen LogP contribution >= 0.6 is 11.6 Å². The average molecular weight is 367 g/mol. The summed E-state index contributed by atoms with van der Waals surface area (Å²) in [4.78, 5) is 15.5. The molecule has 1 N–H and O–H groups in total. The summed E-state index contributed by atoms with van der Waals surface area (Å²) in [6.45, 7) is 5.75. The van der Waals surface area contributed by atoms with E-state index in [1.54, 1.807) is 12.1 Å². The highest BCUT2D eigenvalue weighted by Crippen LogP contribution is 2.31. The molecule has 0 unspecified atom stereocenters. The van der Waals surface area contributed by atoms with E-state index in [-0.39, 0.29) is 11.9 Å². The molecule has 138 valence electrons. The number of hydrogen-bond acceptors (Lipinski definition) is 4. The van der Waals surface area contributed by atoms with Gasteiger partial charge in [0.2, 0.25) is 0 Å². The zero-order chi connectivity index (χ0) is 17.7. The molecule has 2 aliphatic heterocycles. The average Bonchev–Trinajstić information content (AvgIpc) is 2.66. The van der Waals surface area contributed by atoms with Crippen molar-refractivity contribution in [1.82, 2.24) is 10.2 Å². The molecule has 0 aliphatic carbocycles. The number of amides is 1. The Kier molecular flexibility index (Phi) is 6.20. The second kappa shape index (κ2) is 8.39. The van der Waals surface area contributed by atoms with Gasteiger partial charge in [-0.05, 0) is 57.1 Å². The summed E-state index contributed by atoms with van der Waals surface area (Å²) in [6, 6.07) is 7.51. The van der Waals surface area contributed by atoms with Crippen LogP contribution in [0, 0.1) is 0 Å². The van der Waals surface area contributed by atoms with Crippen LogP contribution in [0.1, 0.15) is 32.6 Å². The molecule has 2 fully saturated rings. The summed E-state index contributed by atoms with van der Waals surface area (Å²) in [6.07, 6.45) is 3.14. The van der Waals surface area contributed by atoms with Crippen LogP contribution in [-0.4, -0.2) is 55.3 Å². The lowest BCUT2D eigenvalue weighted by molar-refractivity contribution is -0.154. The molecule has 25 heavy (non-hydrogen) atoms. The zero-order valence-corrected chi connectivity index (χ0v) is 15.6. The fraction of sp³-hybridized carbons (Fsp3) is 0.632. The van der Waals surface area contributed by atoms with E-state index in [9.17, 15) is 4.79 Å². The third-order valence-electron chi connectivity index (χ3n) is 5.16. The van der Waals surface area contributed by atoms with Gasteiger partial charge >= 0.3 is 0 Å². The highest BCUT2D eigenvalue weighted by atomic mass is 35.5. The Morgan fingerprint density at radius 1 is 1.28 bits per heavy atom. The summed E-state index contributed by atoms with van der Waals surface area (Å²) >= 11 is 5.97. The summed E-state index contributed by atoms with van der Waals surface area (Å²) in [5.41, 5.74) is -0.798. The van der Waals surface area contributed by atoms with Crippen molar-refractivity contribution in [3.63, 3.8) is 0 Å². The van der Waals surface area contributed by atoms with E-state index < -0.39 is 5.60 Å². The fourth-order valence-electron chi connectivity index (χ4n) is 3.74. The molecule has 3 rings (SSSR count). The molecule has 0 radical (unpaired) electrons. The van der Waals surface area contributed by atoms with Gasteiger partial charge < -0.3 is 19.7 Å². The zero-order valence-electron chi connectivity index (χ0n) is 14.8. The van der Waals surface area contributed by atoms with Gasteiger partial charge in [0.15, 0.2) is 5.60 Å². The van der Waals surface area contributed by atoms with Crippen molar-refractivity contribution in [2.24, 2.45) is 0 Å². The molecule has 2 saturated heterocycles. The number of carbonyl (C=O) groups is 1. The largest absolute Gasteiger partial charge is 0.477 e. The Hall–Kier alpha value is -1.30. The second-order valence-electron chi connectivity index (χ2n) is 6.73. The van der Waals surface area contributed by atoms with Gasteiger partial charge in [-0.3, -0.25) is 4.79 Å². The van der Waals surface area contributed by atoms with Crippen LogP contribution in [0.4, 0.5) is 0 Å². The first-order valence-corrected chi connectivity index (χ1v) is 9.56. The first kappa shape index (κ1) is 18.5. The maximum atomic E-state index is 13.5. The lowest BCUT2D eigenvalue weighted by Gasteiger charge is -2.43. The van der Waals surface area contributed by atoms with Crippen molar-refractivity contribution < 1.29 is 14.3 Å². The minimum Gasteiger partial charge on any atom is -0.477 e. The topological polar surface area (TPSA) is 50.8 Å². The molecule has 2 heterocycles. The molecule has 1 amide bonds. The molecule has 1 aromatic rings. The molecule has 5 nitrogen and oxygen atoms in total. The Morgan fingerprint density at radius 2 is 1.92 bits per heavy atom. The normalized spacial score (nSPS) is 20.9. The van der Waals surface area contributed by atoms with E-state index in [0.29, 0.717) is 30.2 Å². The van der Waals surface area contributed by atoms with Crippen molar-refractivity contribution in [3.05, 3.63) is 29.3 Å². The Balaban J connectivity index is 1.82. The number of nitrogens with zero attached hydrogens (tertiary/aromatic N) is 1. The van der Waals surface area contributed by atoms with Crippen molar-refractivity contribution in [2.45, 2.75) is 44.2 Å². The molecule has 0 saturated carbocycles. The third-order valence-corrected chi connectivity index (χ3v) is 5.41. The van der Waals surface area contributed by atoms with Crippen LogP contribution < -0.4 is 10.1 Å². The van der Waals surface area contributed by atoms with Crippen LogP contribution in [0.5, 0.6) is 5.75 Å². The Morgan fingerprint density at radius 3 is 2.52 bits per heavy atom. The molecule has 2 aliphatic rings. The maximum absolute atomic E-state index is 13.5. The monoisotopic (exact) mass is 366 g/mol. The number of ether oxygens (including phenoxy) is 2. The molecule has 0 bridgehead atoms. The van der Waals surface area contributed by atoms with Crippen molar-refractivity contribution in [3.8, 4) is 5.75 Å². The number of hydrogen-bond donors (Lipinski definition) is 1. The van der Waals surface area contributed by atoms with Gasteiger partial charge in [0.1, 0.15) is 5.75 Å². The standard InChI is InChI=1S/C19H27ClN2O3/c1-2-22(16-7-13-24-14-8-16)18(23)19(9-11-21-12-10-19)25-17-5-3-15(20)4-6-17/h3-6,16,21H,2,7-14H2,1H3.